The summed E-state index contributed by atoms with van der Waals surface area (Å²) in [4.78, 5) is 0. The van der Waals surface area contributed by atoms with Gasteiger partial charge in [-0.1, -0.05) is 30.4 Å². The third-order valence-electron chi connectivity index (χ3n) is 1.62. The van der Waals surface area contributed by atoms with Crippen molar-refractivity contribution in [2.75, 3.05) is 11.1 Å². The van der Waals surface area contributed by atoms with Crippen molar-refractivity contribution < 1.29 is 0 Å². The Hall–Kier alpha value is -1.00. The first-order chi connectivity index (χ1) is 6.74. The van der Waals surface area contributed by atoms with E-state index in [0.717, 1.165) is 11.3 Å². The maximum absolute atomic E-state index is 5.40. The van der Waals surface area contributed by atoms with Gasteiger partial charge in [-0.3, -0.25) is 0 Å². The zero-order chi connectivity index (χ0) is 10.4. The van der Waals surface area contributed by atoms with Gasteiger partial charge < -0.3 is 11.1 Å². The van der Waals surface area contributed by atoms with Crippen molar-refractivity contribution in [1.82, 2.24) is 0 Å². The number of thiocarbonyl (C=S) groups is 1. The molecule has 0 bridgehead atoms. The lowest BCUT2D eigenvalue weighted by Gasteiger charge is -2.06. The van der Waals surface area contributed by atoms with Crippen LogP contribution < -0.4 is 11.1 Å². The molecule has 2 nitrogen and oxygen atoms in total. The summed E-state index contributed by atoms with van der Waals surface area (Å²) in [5.41, 5.74) is 7.37. The minimum Gasteiger partial charge on any atom is -0.376 e. The van der Waals surface area contributed by atoms with E-state index in [-0.39, 0.29) is 5.11 Å². The molecule has 74 valence electrons. The molecule has 0 fully saturated rings. The zero-order valence-corrected chi connectivity index (χ0v) is 9.31. The van der Waals surface area contributed by atoms with E-state index < -0.39 is 0 Å². The lowest BCUT2D eigenvalue weighted by Crippen LogP contribution is -2.19. The Bertz CT molecular complexity index is 348. The smallest absolute Gasteiger partial charge is 0.168 e. The molecule has 0 saturated heterocycles. The zero-order valence-electron chi connectivity index (χ0n) is 7.60. The number of para-hydroxylation sites is 1. The van der Waals surface area contributed by atoms with Crippen molar-refractivity contribution in [2.24, 2.45) is 5.73 Å². The average Bonchev–Trinajstić information content (AvgIpc) is 2.16. The van der Waals surface area contributed by atoms with Gasteiger partial charge >= 0.3 is 0 Å². The molecule has 0 aliphatic carbocycles. The Labute approximate surface area is 94.6 Å². The molecule has 0 unspecified atom stereocenters. The minimum absolute atomic E-state index is 0.275. The highest BCUT2D eigenvalue weighted by molar-refractivity contribution is 7.80. The van der Waals surface area contributed by atoms with Crippen molar-refractivity contribution in [3.8, 4) is 0 Å². The van der Waals surface area contributed by atoms with Gasteiger partial charge in [-0.25, -0.2) is 0 Å². The molecule has 3 N–H and O–H groups in total. The molecule has 0 amide bonds. The van der Waals surface area contributed by atoms with Crippen molar-refractivity contribution in [2.45, 2.75) is 0 Å². The molecule has 1 aromatic carbocycles. The molecule has 0 spiro atoms. The number of hydrogen-bond acceptors (Lipinski definition) is 2. The summed E-state index contributed by atoms with van der Waals surface area (Å²) in [6, 6.07) is 7.81. The monoisotopic (exact) mass is 224 g/mol. The Kier molecular flexibility index (Phi) is 4.49. The molecule has 0 atom stereocenters. The van der Waals surface area contributed by atoms with Crippen LogP contribution in [0.4, 0.5) is 5.69 Å². The van der Waals surface area contributed by atoms with Gasteiger partial charge in [0.2, 0.25) is 0 Å². The van der Waals surface area contributed by atoms with Crippen molar-refractivity contribution in [3.05, 3.63) is 35.9 Å². The van der Waals surface area contributed by atoms with Crippen molar-refractivity contribution in [3.63, 3.8) is 0 Å². The Morgan fingerprint density at radius 3 is 2.86 bits per heavy atom. The van der Waals surface area contributed by atoms with Crippen molar-refractivity contribution in [1.29, 1.82) is 0 Å². The number of nitrogens with two attached hydrogens (primary N) is 1. The van der Waals surface area contributed by atoms with Crippen LogP contribution in [0.5, 0.6) is 0 Å². The van der Waals surface area contributed by atoms with Gasteiger partial charge in [-0.05, 0) is 23.8 Å². The summed E-state index contributed by atoms with van der Waals surface area (Å²) in [6.45, 7) is 0. The van der Waals surface area contributed by atoms with E-state index in [1.807, 2.05) is 36.4 Å². The third kappa shape index (κ3) is 3.40. The molecular weight excluding hydrogens is 212 g/mol. The van der Waals surface area contributed by atoms with Crippen molar-refractivity contribution >= 4 is 41.7 Å². The SMILES string of the molecule is NC(=S)Nc1ccccc1C=CCS. The van der Waals surface area contributed by atoms with Crippen LogP contribution >= 0.6 is 24.8 Å². The van der Waals surface area contributed by atoms with E-state index >= 15 is 0 Å². The normalized spacial score (nSPS) is 10.4. The molecule has 1 aromatic rings. The highest BCUT2D eigenvalue weighted by Crippen LogP contribution is 2.16. The van der Waals surface area contributed by atoms with Gasteiger partial charge in [0.05, 0.1) is 0 Å². The van der Waals surface area contributed by atoms with E-state index in [1.54, 1.807) is 0 Å². The van der Waals surface area contributed by atoms with Crippen LogP contribution in [0, 0.1) is 0 Å². The van der Waals surface area contributed by atoms with Crippen LogP contribution in [0.25, 0.3) is 6.08 Å². The van der Waals surface area contributed by atoms with Crippen LogP contribution in [0.15, 0.2) is 30.3 Å². The molecule has 1 rings (SSSR count). The maximum atomic E-state index is 5.40. The molecule has 14 heavy (non-hydrogen) atoms. The van der Waals surface area contributed by atoms with E-state index in [0.29, 0.717) is 5.75 Å². The minimum atomic E-state index is 0.275. The predicted octanol–water partition coefficient (Wildman–Crippen LogP) is 2.29. The van der Waals surface area contributed by atoms with Gasteiger partial charge in [0.15, 0.2) is 5.11 Å². The van der Waals surface area contributed by atoms with Gasteiger partial charge in [0.1, 0.15) is 0 Å². The van der Waals surface area contributed by atoms with E-state index in [2.05, 4.69) is 17.9 Å². The van der Waals surface area contributed by atoms with Gasteiger partial charge in [-0.15, -0.1) is 0 Å². The second-order valence-electron chi connectivity index (χ2n) is 2.66. The molecule has 0 aliphatic heterocycles. The molecular formula is C10H12N2S2. The Morgan fingerprint density at radius 1 is 1.50 bits per heavy atom. The predicted molar refractivity (Wildman–Crippen MR) is 69.7 cm³/mol. The van der Waals surface area contributed by atoms with Crippen LogP contribution in [-0.2, 0) is 0 Å². The van der Waals surface area contributed by atoms with E-state index in [4.69, 9.17) is 18.0 Å². The fraction of sp³-hybridized carbons (Fsp3) is 0.100. The molecule has 0 aromatic heterocycles. The summed E-state index contributed by atoms with van der Waals surface area (Å²) < 4.78 is 0. The third-order valence-corrected chi connectivity index (χ3v) is 1.93. The number of benzene rings is 1. The van der Waals surface area contributed by atoms with Crippen LogP contribution in [0.2, 0.25) is 0 Å². The Morgan fingerprint density at radius 2 is 2.21 bits per heavy atom. The molecule has 0 radical (unpaired) electrons. The van der Waals surface area contributed by atoms with Gasteiger partial charge in [-0.2, -0.15) is 12.6 Å². The number of thiol groups is 1. The summed E-state index contributed by atoms with van der Waals surface area (Å²) in [6.07, 6.45) is 3.94. The first-order valence-corrected chi connectivity index (χ1v) is 5.21. The second-order valence-corrected chi connectivity index (χ2v) is 3.47. The van der Waals surface area contributed by atoms with E-state index in [9.17, 15) is 0 Å². The number of rotatable bonds is 3. The van der Waals surface area contributed by atoms with Gasteiger partial charge in [0, 0.05) is 11.4 Å². The van der Waals surface area contributed by atoms with Crippen LogP contribution in [-0.4, -0.2) is 10.9 Å². The Balaban J connectivity index is 2.90. The molecule has 4 heteroatoms. The van der Waals surface area contributed by atoms with Crippen LogP contribution in [0.1, 0.15) is 5.56 Å². The standard InChI is InChI=1S/C10H12N2S2/c11-10(14)12-9-6-2-1-4-8(9)5-3-7-13/h1-6,13H,7H2,(H3,11,12,14). The molecule has 0 aliphatic rings. The maximum Gasteiger partial charge on any atom is 0.168 e. The largest absolute Gasteiger partial charge is 0.376 e. The summed E-state index contributed by atoms with van der Waals surface area (Å²) in [5.74, 6) is 0.710. The lowest BCUT2D eigenvalue weighted by atomic mass is 10.1. The molecule has 0 saturated carbocycles. The quantitative estimate of drug-likeness (QED) is 0.545. The second kappa shape index (κ2) is 5.67. The number of hydrogen-bond donors (Lipinski definition) is 3. The summed E-state index contributed by atoms with van der Waals surface area (Å²) in [5, 5.41) is 3.19. The van der Waals surface area contributed by atoms with Crippen LogP contribution in [0.3, 0.4) is 0 Å². The highest BCUT2D eigenvalue weighted by Gasteiger charge is 1.97. The molecule has 0 heterocycles. The fourth-order valence-electron chi connectivity index (χ4n) is 1.07. The number of anilines is 1. The topological polar surface area (TPSA) is 38.0 Å². The number of nitrogens with one attached hydrogen (secondary N) is 1. The highest BCUT2D eigenvalue weighted by atomic mass is 32.1. The fourth-order valence-corrected chi connectivity index (χ4v) is 1.28. The first kappa shape index (κ1) is 11.1. The van der Waals surface area contributed by atoms with E-state index in [1.165, 1.54) is 0 Å². The summed E-state index contributed by atoms with van der Waals surface area (Å²) in [7, 11) is 0. The summed E-state index contributed by atoms with van der Waals surface area (Å²) >= 11 is 8.87. The van der Waals surface area contributed by atoms with Gasteiger partial charge in [0.25, 0.3) is 0 Å². The lowest BCUT2D eigenvalue weighted by molar-refractivity contribution is 1.57. The first-order valence-electron chi connectivity index (χ1n) is 4.17. The average molecular weight is 224 g/mol.